The molecule has 3 N–H and O–H groups in total. The number of hydrogen-bond acceptors (Lipinski definition) is 2. The average Bonchev–Trinajstić information content (AvgIpc) is 2.46. The van der Waals surface area contributed by atoms with Crippen LogP contribution >= 0.6 is 0 Å². The van der Waals surface area contributed by atoms with Crippen molar-refractivity contribution in [2.75, 3.05) is 5.32 Å². The third-order valence-corrected chi connectivity index (χ3v) is 3.74. The van der Waals surface area contributed by atoms with E-state index in [4.69, 9.17) is 5.11 Å². The SMILES string of the molecule is CCc1cccc(CC)c1NC(=O)NC(C)C(C)C(=O)O. The van der Waals surface area contributed by atoms with Gasteiger partial charge in [-0.25, -0.2) is 4.79 Å². The summed E-state index contributed by atoms with van der Waals surface area (Å²) in [4.78, 5) is 23.0. The van der Waals surface area contributed by atoms with E-state index < -0.39 is 17.9 Å². The van der Waals surface area contributed by atoms with E-state index in [1.54, 1.807) is 13.8 Å². The molecule has 2 atom stereocenters. The number of nitrogens with one attached hydrogen (secondary N) is 2. The maximum atomic E-state index is 12.1. The van der Waals surface area contributed by atoms with Gasteiger partial charge in [-0.15, -0.1) is 0 Å². The summed E-state index contributed by atoms with van der Waals surface area (Å²) in [5, 5.41) is 14.5. The van der Waals surface area contributed by atoms with Crippen molar-refractivity contribution < 1.29 is 14.7 Å². The van der Waals surface area contributed by atoms with Gasteiger partial charge in [-0.2, -0.15) is 0 Å². The Morgan fingerprint density at radius 2 is 1.67 bits per heavy atom. The van der Waals surface area contributed by atoms with Gasteiger partial charge in [-0.3, -0.25) is 4.79 Å². The second-order valence-corrected chi connectivity index (χ2v) is 5.17. The number of aliphatic carboxylic acids is 1. The number of carboxylic acid groups (broad SMARTS) is 1. The number of para-hydroxylation sites is 1. The molecule has 0 bridgehead atoms. The molecule has 0 aliphatic rings. The van der Waals surface area contributed by atoms with Crippen LogP contribution in [0.5, 0.6) is 0 Å². The quantitative estimate of drug-likeness (QED) is 0.754. The number of hydrogen-bond donors (Lipinski definition) is 3. The Labute approximate surface area is 125 Å². The fourth-order valence-corrected chi connectivity index (χ4v) is 2.10. The Morgan fingerprint density at radius 3 is 2.10 bits per heavy atom. The molecule has 5 nitrogen and oxygen atoms in total. The van der Waals surface area contributed by atoms with Crippen LogP contribution in [0.2, 0.25) is 0 Å². The summed E-state index contributed by atoms with van der Waals surface area (Å²) in [5.74, 6) is -1.56. The molecule has 1 rings (SSSR count). The summed E-state index contributed by atoms with van der Waals surface area (Å²) in [6.07, 6.45) is 1.65. The Hall–Kier alpha value is -2.04. The second-order valence-electron chi connectivity index (χ2n) is 5.17. The largest absolute Gasteiger partial charge is 0.481 e. The maximum absolute atomic E-state index is 12.1. The van der Waals surface area contributed by atoms with Crippen LogP contribution < -0.4 is 10.6 Å². The molecule has 1 aromatic rings. The number of benzene rings is 1. The first-order valence-electron chi connectivity index (χ1n) is 7.31. The average molecular weight is 292 g/mol. The molecular weight excluding hydrogens is 268 g/mol. The van der Waals surface area contributed by atoms with Crippen molar-refractivity contribution in [3.63, 3.8) is 0 Å². The molecule has 0 saturated heterocycles. The number of anilines is 1. The van der Waals surface area contributed by atoms with Crippen LogP contribution in [-0.4, -0.2) is 23.1 Å². The first-order valence-corrected chi connectivity index (χ1v) is 7.31. The van der Waals surface area contributed by atoms with Gasteiger partial charge in [-0.05, 0) is 37.8 Å². The summed E-state index contributed by atoms with van der Waals surface area (Å²) in [5.41, 5.74) is 2.97. The van der Waals surface area contributed by atoms with Crippen LogP contribution in [0, 0.1) is 5.92 Å². The predicted octanol–water partition coefficient (Wildman–Crippen LogP) is 3.04. The highest BCUT2D eigenvalue weighted by molar-refractivity contribution is 5.91. The van der Waals surface area contributed by atoms with Gasteiger partial charge in [0.05, 0.1) is 5.92 Å². The zero-order valence-electron chi connectivity index (χ0n) is 13.1. The molecule has 0 fully saturated rings. The molecular formula is C16H24N2O3. The van der Waals surface area contributed by atoms with E-state index >= 15 is 0 Å². The van der Waals surface area contributed by atoms with E-state index in [1.807, 2.05) is 32.0 Å². The fraction of sp³-hybridized carbons (Fsp3) is 0.500. The number of amides is 2. The smallest absolute Gasteiger partial charge is 0.319 e. The van der Waals surface area contributed by atoms with Crippen molar-refractivity contribution in [2.24, 2.45) is 5.92 Å². The predicted molar refractivity (Wildman–Crippen MR) is 83.6 cm³/mol. The molecule has 21 heavy (non-hydrogen) atoms. The maximum Gasteiger partial charge on any atom is 0.319 e. The van der Waals surface area contributed by atoms with Crippen molar-refractivity contribution in [2.45, 2.75) is 46.6 Å². The van der Waals surface area contributed by atoms with Crippen LogP contribution in [0.3, 0.4) is 0 Å². The molecule has 2 unspecified atom stereocenters. The van der Waals surface area contributed by atoms with Crippen molar-refractivity contribution in [3.05, 3.63) is 29.3 Å². The molecule has 116 valence electrons. The van der Waals surface area contributed by atoms with E-state index in [-0.39, 0.29) is 6.03 Å². The van der Waals surface area contributed by atoms with Crippen LogP contribution in [0.1, 0.15) is 38.8 Å². The molecule has 0 aliphatic heterocycles. The van der Waals surface area contributed by atoms with E-state index in [0.29, 0.717) is 0 Å². The number of aryl methyl sites for hydroxylation is 2. The molecule has 2 amide bonds. The van der Waals surface area contributed by atoms with Crippen LogP contribution in [0.15, 0.2) is 18.2 Å². The lowest BCUT2D eigenvalue weighted by molar-refractivity contribution is -0.141. The second kappa shape index (κ2) is 7.67. The Morgan fingerprint density at radius 1 is 1.14 bits per heavy atom. The highest BCUT2D eigenvalue weighted by atomic mass is 16.4. The Kier molecular flexibility index (Phi) is 6.21. The van der Waals surface area contributed by atoms with E-state index in [2.05, 4.69) is 10.6 Å². The van der Waals surface area contributed by atoms with Gasteiger partial charge in [0.1, 0.15) is 0 Å². The van der Waals surface area contributed by atoms with Crippen LogP contribution in [0.25, 0.3) is 0 Å². The number of carbonyl (C=O) groups is 2. The van der Waals surface area contributed by atoms with Gasteiger partial charge in [0, 0.05) is 11.7 Å². The number of urea groups is 1. The van der Waals surface area contributed by atoms with Gasteiger partial charge in [0.25, 0.3) is 0 Å². The molecule has 0 aromatic heterocycles. The third kappa shape index (κ3) is 4.48. The lowest BCUT2D eigenvalue weighted by atomic mass is 10.0. The van der Waals surface area contributed by atoms with E-state index in [0.717, 1.165) is 29.7 Å². The summed E-state index contributed by atoms with van der Waals surface area (Å²) in [6.45, 7) is 7.33. The van der Waals surface area contributed by atoms with Gasteiger partial charge >= 0.3 is 12.0 Å². The first-order chi connectivity index (χ1) is 9.90. The minimum atomic E-state index is -0.925. The summed E-state index contributed by atoms with van der Waals surface area (Å²) in [6, 6.07) is 5.14. The zero-order valence-corrected chi connectivity index (χ0v) is 13.1. The lowest BCUT2D eigenvalue weighted by Crippen LogP contribution is -2.42. The van der Waals surface area contributed by atoms with Gasteiger partial charge < -0.3 is 15.7 Å². The zero-order chi connectivity index (χ0) is 16.0. The lowest BCUT2D eigenvalue weighted by Gasteiger charge is -2.20. The monoisotopic (exact) mass is 292 g/mol. The van der Waals surface area contributed by atoms with Gasteiger partial charge in [0.2, 0.25) is 0 Å². The molecule has 0 spiro atoms. The van der Waals surface area contributed by atoms with E-state index in [9.17, 15) is 9.59 Å². The van der Waals surface area contributed by atoms with Gasteiger partial charge in [-0.1, -0.05) is 32.0 Å². The van der Waals surface area contributed by atoms with Crippen LogP contribution in [-0.2, 0) is 17.6 Å². The highest BCUT2D eigenvalue weighted by Crippen LogP contribution is 2.22. The fourth-order valence-electron chi connectivity index (χ4n) is 2.10. The highest BCUT2D eigenvalue weighted by Gasteiger charge is 2.21. The number of carbonyl (C=O) groups excluding carboxylic acids is 1. The van der Waals surface area contributed by atoms with E-state index in [1.165, 1.54) is 0 Å². The van der Waals surface area contributed by atoms with Gasteiger partial charge in [0.15, 0.2) is 0 Å². The molecule has 0 heterocycles. The number of carboxylic acids is 1. The summed E-state index contributed by atoms with van der Waals surface area (Å²) in [7, 11) is 0. The van der Waals surface area contributed by atoms with Crippen molar-refractivity contribution in [1.82, 2.24) is 5.32 Å². The van der Waals surface area contributed by atoms with Crippen molar-refractivity contribution in [3.8, 4) is 0 Å². The normalized spacial score (nSPS) is 13.3. The molecule has 0 aliphatic carbocycles. The molecule has 5 heteroatoms. The first kappa shape index (κ1) is 17.0. The third-order valence-electron chi connectivity index (χ3n) is 3.74. The molecule has 0 saturated carbocycles. The summed E-state index contributed by atoms with van der Waals surface area (Å²) < 4.78 is 0. The summed E-state index contributed by atoms with van der Waals surface area (Å²) >= 11 is 0. The Bertz CT molecular complexity index is 492. The molecule has 0 radical (unpaired) electrons. The Balaban J connectivity index is 2.82. The van der Waals surface area contributed by atoms with Crippen molar-refractivity contribution in [1.29, 1.82) is 0 Å². The van der Waals surface area contributed by atoms with Crippen molar-refractivity contribution >= 4 is 17.7 Å². The topological polar surface area (TPSA) is 78.4 Å². The minimum absolute atomic E-state index is 0.369. The van der Waals surface area contributed by atoms with Crippen LogP contribution in [0.4, 0.5) is 10.5 Å². The minimum Gasteiger partial charge on any atom is -0.481 e. The standard InChI is InChI=1S/C16H24N2O3/c1-5-12-8-7-9-13(6-2)14(12)18-16(21)17-11(4)10(3)15(19)20/h7-11H,5-6H2,1-4H3,(H,19,20)(H2,17,18,21). The molecule has 1 aromatic carbocycles. The number of rotatable bonds is 6.